The molecule has 2 atom stereocenters. The quantitative estimate of drug-likeness (QED) is 0.639. The van der Waals surface area contributed by atoms with Gasteiger partial charge in [-0.05, 0) is 55.8 Å². The van der Waals surface area contributed by atoms with E-state index in [-0.39, 0.29) is 18.6 Å². The van der Waals surface area contributed by atoms with Gasteiger partial charge in [-0.3, -0.25) is 9.69 Å². The maximum absolute atomic E-state index is 12.6. The summed E-state index contributed by atoms with van der Waals surface area (Å²) in [7, 11) is 2.04. The number of hydrogen-bond acceptors (Lipinski definition) is 5. The van der Waals surface area contributed by atoms with E-state index in [1.165, 1.54) is 12.1 Å². The number of fused-ring (bicyclic) bond motifs is 1. The molecule has 2 unspecified atom stereocenters. The summed E-state index contributed by atoms with van der Waals surface area (Å²) in [5.41, 5.74) is 2.52. The van der Waals surface area contributed by atoms with Gasteiger partial charge in [-0.25, -0.2) is 0 Å². The van der Waals surface area contributed by atoms with Crippen LogP contribution in [0.4, 0.5) is 30.2 Å². The van der Waals surface area contributed by atoms with E-state index in [0.717, 1.165) is 36.5 Å². The van der Waals surface area contributed by atoms with Crippen molar-refractivity contribution >= 4 is 23.0 Å². The van der Waals surface area contributed by atoms with Crippen molar-refractivity contribution in [1.82, 2.24) is 4.90 Å². The van der Waals surface area contributed by atoms with Gasteiger partial charge in [0.2, 0.25) is 5.91 Å². The molecule has 0 aliphatic carbocycles. The van der Waals surface area contributed by atoms with Gasteiger partial charge < -0.3 is 20.7 Å². The predicted molar refractivity (Wildman–Crippen MR) is 113 cm³/mol. The Morgan fingerprint density at radius 2 is 1.90 bits per heavy atom. The second kappa shape index (κ2) is 8.76. The van der Waals surface area contributed by atoms with Crippen LogP contribution in [0.1, 0.15) is 24.0 Å². The third-order valence-corrected chi connectivity index (χ3v) is 5.70. The molecule has 166 valence electrons. The number of nitrogens with zero attached hydrogens (tertiary/aromatic N) is 1. The maximum atomic E-state index is 12.6. The molecule has 0 saturated carbocycles. The molecular weight excluding hydrogens is 409 g/mol. The number of likely N-dealkylation sites (N-methyl/N-ethyl adjacent to an activating group) is 1. The molecular formula is C22H25F3N4O2. The number of aryl methyl sites for hydroxylation is 1. The molecule has 4 rings (SSSR count). The summed E-state index contributed by atoms with van der Waals surface area (Å²) in [5.74, 6) is -0.192. The normalized spacial score (nSPS) is 20.3. The third-order valence-electron chi connectivity index (χ3n) is 5.70. The van der Waals surface area contributed by atoms with Gasteiger partial charge >= 0.3 is 6.18 Å². The van der Waals surface area contributed by atoms with Crippen molar-refractivity contribution in [3.8, 4) is 0 Å². The molecule has 31 heavy (non-hydrogen) atoms. The molecule has 2 aromatic carbocycles. The Kier molecular flexibility index (Phi) is 6.06. The number of benzene rings is 2. The van der Waals surface area contributed by atoms with Gasteiger partial charge in [-0.15, -0.1) is 0 Å². The fourth-order valence-electron chi connectivity index (χ4n) is 3.80. The summed E-state index contributed by atoms with van der Waals surface area (Å²) in [6, 6.07) is 10.9. The van der Waals surface area contributed by atoms with Crippen molar-refractivity contribution in [2.45, 2.75) is 37.8 Å². The lowest BCUT2D eigenvalue weighted by Gasteiger charge is -2.29. The Bertz CT molecular complexity index is 927. The van der Waals surface area contributed by atoms with Gasteiger partial charge in [-0.1, -0.05) is 12.1 Å². The number of rotatable bonds is 6. The first-order valence-corrected chi connectivity index (χ1v) is 10.2. The van der Waals surface area contributed by atoms with E-state index in [0.29, 0.717) is 30.3 Å². The number of hydrogen-bond donors (Lipinski definition) is 3. The van der Waals surface area contributed by atoms with Crippen LogP contribution < -0.4 is 16.0 Å². The number of amides is 1. The first-order valence-electron chi connectivity index (χ1n) is 10.2. The van der Waals surface area contributed by atoms with E-state index in [4.69, 9.17) is 4.74 Å². The van der Waals surface area contributed by atoms with Crippen molar-refractivity contribution in [2.24, 2.45) is 0 Å². The minimum Gasteiger partial charge on any atom is -0.380 e. The Balaban J connectivity index is 1.29. The Labute approximate surface area is 178 Å². The molecule has 2 heterocycles. The Hall–Kier alpha value is -2.78. The zero-order chi connectivity index (χ0) is 22.0. The van der Waals surface area contributed by atoms with Crippen LogP contribution in [0.3, 0.4) is 0 Å². The lowest BCUT2D eigenvalue weighted by Crippen LogP contribution is -2.47. The lowest BCUT2D eigenvalue weighted by molar-refractivity contribution is -0.137. The number of carbonyl (C=O) groups excluding carboxylic acids is 1. The highest BCUT2D eigenvalue weighted by Crippen LogP contribution is 2.33. The van der Waals surface area contributed by atoms with Gasteiger partial charge in [0.05, 0.1) is 23.5 Å². The molecule has 9 heteroatoms. The van der Waals surface area contributed by atoms with Crippen LogP contribution >= 0.6 is 0 Å². The fraction of sp³-hybridized carbons (Fsp3) is 0.409. The van der Waals surface area contributed by atoms with E-state index in [1.54, 1.807) is 0 Å². The molecule has 2 aliphatic rings. The summed E-state index contributed by atoms with van der Waals surface area (Å²) in [4.78, 5) is 14.5. The third kappa shape index (κ3) is 5.11. The molecule has 2 aliphatic heterocycles. The molecule has 0 spiro atoms. The van der Waals surface area contributed by atoms with Crippen LogP contribution in [-0.2, 0) is 22.1 Å². The molecule has 1 amide bonds. The molecule has 0 aromatic heterocycles. The summed E-state index contributed by atoms with van der Waals surface area (Å²) < 4.78 is 43.4. The van der Waals surface area contributed by atoms with Crippen LogP contribution in [0.2, 0.25) is 0 Å². The molecule has 0 bridgehead atoms. The van der Waals surface area contributed by atoms with Crippen LogP contribution in [0, 0.1) is 0 Å². The van der Waals surface area contributed by atoms with Crippen LogP contribution in [0.15, 0.2) is 42.5 Å². The largest absolute Gasteiger partial charge is 0.416 e. The molecule has 2 aromatic rings. The number of nitrogens with one attached hydrogen (secondary N) is 3. The summed E-state index contributed by atoms with van der Waals surface area (Å²) in [5, 5.41) is 9.69. The lowest BCUT2D eigenvalue weighted by atomic mass is 10.1. The number of alkyl halides is 3. The molecule has 0 radical (unpaired) electrons. The molecule has 3 N–H and O–H groups in total. The average molecular weight is 434 g/mol. The summed E-state index contributed by atoms with van der Waals surface area (Å²) in [6.07, 6.45) is -2.86. The summed E-state index contributed by atoms with van der Waals surface area (Å²) in [6.45, 7) is 1.49. The fourth-order valence-corrected chi connectivity index (χ4v) is 3.80. The first-order chi connectivity index (χ1) is 14.8. The van der Waals surface area contributed by atoms with Gasteiger partial charge in [0, 0.05) is 24.8 Å². The number of ether oxygens (including phenoxy) is 1. The van der Waals surface area contributed by atoms with Crippen molar-refractivity contribution in [3.63, 3.8) is 0 Å². The van der Waals surface area contributed by atoms with E-state index < -0.39 is 11.7 Å². The zero-order valence-corrected chi connectivity index (χ0v) is 17.1. The van der Waals surface area contributed by atoms with E-state index in [9.17, 15) is 18.0 Å². The first kappa shape index (κ1) is 21.5. The van der Waals surface area contributed by atoms with Crippen molar-refractivity contribution < 1.29 is 22.7 Å². The predicted octanol–water partition coefficient (Wildman–Crippen LogP) is 4.12. The molecule has 6 nitrogen and oxygen atoms in total. The highest BCUT2D eigenvalue weighted by atomic mass is 19.4. The average Bonchev–Trinajstić information content (AvgIpc) is 3.41. The highest BCUT2D eigenvalue weighted by molar-refractivity contribution is 5.92. The number of halogens is 3. The van der Waals surface area contributed by atoms with Crippen LogP contribution in [0.5, 0.6) is 0 Å². The SMILES string of the molecule is CN(C1CCOC1)C1Nc2ccc(NC(=O)CCc3ccc(C(F)(F)F)cc3)cc2N1. The van der Waals surface area contributed by atoms with E-state index in [1.807, 2.05) is 25.2 Å². The maximum Gasteiger partial charge on any atom is 0.416 e. The highest BCUT2D eigenvalue weighted by Gasteiger charge is 2.31. The van der Waals surface area contributed by atoms with Crippen LogP contribution in [0.25, 0.3) is 0 Å². The molecule has 1 saturated heterocycles. The minimum atomic E-state index is -4.36. The second-order valence-corrected chi connectivity index (χ2v) is 7.88. The monoisotopic (exact) mass is 434 g/mol. The van der Waals surface area contributed by atoms with Gasteiger partial charge in [0.15, 0.2) is 6.29 Å². The Morgan fingerprint density at radius 1 is 1.16 bits per heavy atom. The van der Waals surface area contributed by atoms with Gasteiger partial charge in [0.1, 0.15) is 0 Å². The summed E-state index contributed by atoms with van der Waals surface area (Å²) >= 11 is 0. The van der Waals surface area contributed by atoms with E-state index in [2.05, 4.69) is 20.9 Å². The van der Waals surface area contributed by atoms with E-state index >= 15 is 0 Å². The zero-order valence-electron chi connectivity index (χ0n) is 17.1. The standard InChI is InChI=1S/C22H25F3N4O2/c1-29(17-10-11-31-13-17)21-27-18-8-7-16(12-19(18)28-21)26-20(30)9-4-14-2-5-15(6-3-14)22(23,24)25/h2-3,5-8,12,17,21,27-28H,4,9-11,13H2,1H3,(H,26,30). The topological polar surface area (TPSA) is 65.6 Å². The number of anilines is 3. The number of carbonyl (C=O) groups is 1. The van der Waals surface area contributed by atoms with Crippen molar-refractivity contribution in [1.29, 1.82) is 0 Å². The second-order valence-electron chi connectivity index (χ2n) is 7.88. The van der Waals surface area contributed by atoms with Gasteiger partial charge in [0.25, 0.3) is 0 Å². The Morgan fingerprint density at radius 3 is 2.58 bits per heavy atom. The minimum absolute atomic E-state index is 0.0488. The van der Waals surface area contributed by atoms with Crippen molar-refractivity contribution in [3.05, 3.63) is 53.6 Å². The smallest absolute Gasteiger partial charge is 0.380 e. The van der Waals surface area contributed by atoms with Gasteiger partial charge in [-0.2, -0.15) is 13.2 Å². The van der Waals surface area contributed by atoms with Crippen LogP contribution in [-0.4, -0.2) is 43.4 Å². The molecule has 1 fully saturated rings. The van der Waals surface area contributed by atoms with Crippen molar-refractivity contribution in [2.75, 3.05) is 36.2 Å².